The molecule has 1 atom stereocenters. The number of amides is 4. The molecule has 1 aliphatic rings. The van der Waals surface area contributed by atoms with Crippen LogP contribution in [0, 0.1) is 6.92 Å². The number of nitrogens with zero attached hydrogens (tertiary/aromatic N) is 3. The second-order valence-electron chi connectivity index (χ2n) is 9.04. The average molecular weight is 603 g/mol. The van der Waals surface area contributed by atoms with Gasteiger partial charge in [-0.3, -0.25) is 29.6 Å². The second kappa shape index (κ2) is 11.1. The lowest BCUT2D eigenvalue weighted by atomic mass is 10.1. The highest BCUT2D eigenvalue weighted by atomic mass is 79.9. The second-order valence-corrected chi connectivity index (χ2v) is 9.95. The largest absolute Gasteiger partial charge is 0.360 e. The van der Waals surface area contributed by atoms with E-state index in [4.69, 9.17) is 4.52 Å². The van der Waals surface area contributed by atoms with Gasteiger partial charge >= 0.3 is 0 Å². The number of aryl methyl sites for hydroxylation is 1. The van der Waals surface area contributed by atoms with Gasteiger partial charge in [0.2, 0.25) is 0 Å². The van der Waals surface area contributed by atoms with E-state index in [1.807, 2.05) is 6.07 Å². The number of carbonyl (C=O) groups is 4. The van der Waals surface area contributed by atoms with Gasteiger partial charge in [-0.25, -0.2) is 5.01 Å². The number of hydrogen-bond acceptors (Lipinski definition) is 7. The van der Waals surface area contributed by atoms with Crippen molar-refractivity contribution in [3.63, 3.8) is 0 Å². The molecule has 1 unspecified atom stereocenters. The number of aromatic nitrogens is 2. The lowest BCUT2D eigenvalue weighted by Crippen LogP contribution is -2.66. The van der Waals surface area contributed by atoms with Gasteiger partial charge in [0.1, 0.15) is 17.0 Å². The maximum absolute atomic E-state index is 13.8. The zero-order valence-corrected chi connectivity index (χ0v) is 22.8. The molecule has 0 aliphatic carbocycles. The number of benzene rings is 2. The molecule has 40 heavy (non-hydrogen) atoms. The monoisotopic (exact) mass is 602 g/mol. The summed E-state index contributed by atoms with van der Waals surface area (Å²) in [6, 6.07) is 18.6. The Hall–Kier alpha value is -4.84. The molecule has 1 aliphatic heterocycles. The van der Waals surface area contributed by atoms with E-state index in [9.17, 15) is 19.2 Å². The molecule has 12 heteroatoms. The summed E-state index contributed by atoms with van der Waals surface area (Å²) in [7, 11) is 0. The number of halogens is 1. The fourth-order valence-corrected chi connectivity index (χ4v) is 4.59. The summed E-state index contributed by atoms with van der Waals surface area (Å²) >= 11 is 3.33. The summed E-state index contributed by atoms with van der Waals surface area (Å²) in [6.45, 7) is 1.60. The Kier molecular flexibility index (Phi) is 7.43. The Morgan fingerprint density at radius 1 is 0.925 bits per heavy atom. The number of hydrazine groups is 1. The van der Waals surface area contributed by atoms with Gasteiger partial charge in [-0.15, -0.1) is 0 Å². The summed E-state index contributed by atoms with van der Waals surface area (Å²) in [6.07, 6.45) is 2.84. The minimum absolute atomic E-state index is 0.00348. The molecule has 4 aromatic rings. The van der Waals surface area contributed by atoms with E-state index in [1.54, 1.807) is 61.5 Å². The van der Waals surface area contributed by atoms with Crippen molar-refractivity contribution < 1.29 is 23.7 Å². The van der Waals surface area contributed by atoms with E-state index >= 15 is 0 Å². The van der Waals surface area contributed by atoms with Crippen LogP contribution < -0.4 is 16.1 Å². The highest BCUT2D eigenvalue weighted by molar-refractivity contribution is 9.10. The minimum atomic E-state index is -1.84. The van der Waals surface area contributed by atoms with Crippen molar-refractivity contribution in [2.24, 2.45) is 0 Å². The lowest BCUT2D eigenvalue weighted by Gasteiger charge is -2.30. The van der Waals surface area contributed by atoms with Gasteiger partial charge in [0.15, 0.2) is 5.66 Å². The Morgan fingerprint density at radius 2 is 1.62 bits per heavy atom. The first-order chi connectivity index (χ1) is 19.3. The third-order valence-electron chi connectivity index (χ3n) is 6.38. The van der Waals surface area contributed by atoms with Gasteiger partial charge in [0.25, 0.3) is 23.6 Å². The fourth-order valence-electron chi connectivity index (χ4n) is 4.33. The van der Waals surface area contributed by atoms with Crippen molar-refractivity contribution in [3.05, 3.63) is 106 Å². The van der Waals surface area contributed by atoms with Crippen LogP contribution in [0.1, 0.15) is 43.3 Å². The van der Waals surface area contributed by atoms with E-state index in [-0.39, 0.29) is 35.4 Å². The standard InChI is InChI=1S/C28H23BrN6O5/c1-17-22(23(34-40-17)18-6-3-2-4-7-18)26(38)33-35-15-13-28(27(35)39,32-25(37)20-8-5-14-30-16-20)31-24(36)19-9-11-21(29)12-10-19/h2-12,14,16H,13,15H2,1H3,(H,31,36)(H,32,37)(H,33,38). The van der Waals surface area contributed by atoms with Crippen LogP contribution in [0.3, 0.4) is 0 Å². The Morgan fingerprint density at radius 3 is 2.30 bits per heavy atom. The summed E-state index contributed by atoms with van der Waals surface area (Å²) < 4.78 is 6.05. The van der Waals surface area contributed by atoms with E-state index in [0.29, 0.717) is 11.3 Å². The van der Waals surface area contributed by atoms with Crippen LogP contribution in [-0.2, 0) is 4.79 Å². The summed E-state index contributed by atoms with van der Waals surface area (Å²) in [5, 5.41) is 10.4. The summed E-state index contributed by atoms with van der Waals surface area (Å²) in [4.78, 5) is 57.3. The van der Waals surface area contributed by atoms with Gasteiger partial charge in [-0.2, -0.15) is 0 Å². The molecule has 5 rings (SSSR count). The molecule has 0 spiro atoms. The molecule has 0 radical (unpaired) electrons. The highest BCUT2D eigenvalue weighted by Gasteiger charge is 2.50. The van der Waals surface area contributed by atoms with Crippen molar-refractivity contribution in [1.82, 2.24) is 31.2 Å². The molecular weight excluding hydrogens is 580 g/mol. The third kappa shape index (κ3) is 5.34. The molecule has 4 amide bonds. The van der Waals surface area contributed by atoms with E-state index in [2.05, 4.69) is 42.1 Å². The van der Waals surface area contributed by atoms with E-state index < -0.39 is 29.3 Å². The number of nitrogens with one attached hydrogen (secondary N) is 3. The Balaban J connectivity index is 1.41. The molecule has 2 aromatic carbocycles. The number of rotatable bonds is 7. The summed E-state index contributed by atoms with van der Waals surface area (Å²) in [5.41, 5.74) is 2.38. The van der Waals surface area contributed by atoms with Crippen LogP contribution in [0.4, 0.5) is 0 Å². The molecule has 3 heterocycles. The third-order valence-corrected chi connectivity index (χ3v) is 6.91. The van der Waals surface area contributed by atoms with E-state index in [0.717, 1.165) is 9.48 Å². The quantitative estimate of drug-likeness (QED) is 0.275. The van der Waals surface area contributed by atoms with Gasteiger partial charge in [-0.05, 0) is 43.3 Å². The van der Waals surface area contributed by atoms with Gasteiger partial charge in [0, 0.05) is 41.0 Å². The van der Waals surface area contributed by atoms with E-state index in [1.165, 1.54) is 18.5 Å². The lowest BCUT2D eigenvalue weighted by molar-refractivity contribution is -0.135. The van der Waals surface area contributed by atoms with Crippen LogP contribution in [0.2, 0.25) is 0 Å². The fraction of sp³-hybridized carbons (Fsp3) is 0.143. The predicted octanol–water partition coefficient (Wildman–Crippen LogP) is 3.24. The molecule has 3 N–H and O–H groups in total. The number of hydrogen-bond donors (Lipinski definition) is 3. The van der Waals surface area contributed by atoms with Crippen LogP contribution >= 0.6 is 15.9 Å². The van der Waals surface area contributed by atoms with Gasteiger partial charge in [0.05, 0.1) is 5.56 Å². The molecule has 0 saturated carbocycles. The number of carbonyl (C=O) groups excluding carboxylic acids is 4. The van der Waals surface area contributed by atoms with Crippen LogP contribution in [0.5, 0.6) is 0 Å². The molecule has 202 valence electrons. The first kappa shape index (κ1) is 26.8. The normalized spacial score (nSPS) is 16.4. The van der Waals surface area contributed by atoms with Crippen molar-refractivity contribution in [2.45, 2.75) is 19.0 Å². The zero-order valence-electron chi connectivity index (χ0n) is 21.2. The molecule has 2 aromatic heterocycles. The molecule has 11 nitrogen and oxygen atoms in total. The van der Waals surface area contributed by atoms with Gasteiger partial charge in [-0.1, -0.05) is 51.4 Å². The molecular formula is C28H23BrN6O5. The van der Waals surface area contributed by atoms with Crippen LogP contribution in [0.25, 0.3) is 11.3 Å². The maximum Gasteiger partial charge on any atom is 0.287 e. The van der Waals surface area contributed by atoms with Crippen molar-refractivity contribution in [3.8, 4) is 11.3 Å². The minimum Gasteiger partial charge on any atom is -0.360 e. The van der Waals surface area contributed by atoms with Crippen LogP contribution in [-0.4, -0.2) is 51.0 Å². The van der Waals surface area contributed by atoms with Crippen molar-refractivity contribution in [2.75, 3.05) is 6.54 Å². The SMILES string of the molecule is Cc1onc(-c2ccccc2)c1C(=O)NN1CCC(NC(=O)c2ccc(Br)cc2)(NC(=O)c2cccnc2)C1=O. The molecule has 0 bridgehead atoms. The van der Waals surface area contributed by atoms with Crippen LogP contribution in [0.15, 0.2) is 88.1 Å². The molecule has 1 saturated heterocycles. The summed E-state index contributed by atoms with van der Waals surface area (Å²) in [5.74, 6) is -2.28. The highest BCUT2D eigenvalue weighted by Crippen LogP contribution is 2.26. The first-order valence-corrected chi connectivity index (χ1v) is 13.0. The topological polar surface area (TPSA) is 147 Å². The molecule has 1 fully saturated rings. The smallest absolute Gasteiger partial charge is 0.287 e. The zero-order chi connectivity index (χ0) is 28.3. The average Bonchev–Trinajstić information content (AvgIpc) is 3.49. The van der Waals surface area contributed by atoms with Gasteiger partial charge < -0.3 is 15.2 Å². The predicted molar refractivity (Wildman–Crippen MR) is 147 cm³/mol. The van der Waals surface area contributed by atoms with Crippen molar-refractivity contribution in [1.29, 1.82) is 0 Å². The Labute approximate surface area is 237 Å². The first-order valence-electron chi connectivity index (χ1n) is 12.2. The van der Waals surface area contributed by atoms with Crippen molar-refractivity contribution >= 4 is 39.6 Å². The maximum atomic E-state index is 13.8. The Bertz CT molecular complexity index is 1580. The number of pyridine rings is 1.